The molecule has 1 unspecified atom stereocenters. The van der Waals surface area contributed by atoms with Gasteiger partial charge in [0.2, 0.25) is 0 Å². The fourth-order valence-electron chi connectivity index (χ4n) is 3.86. The molecule has 4 rings (SSSR count). The number of hydrogen-bond donors (Lipinski definition) is 2. The van der Waals surface area contributed by atoms with Gasteiger partial charge in [-0.3, -0.25) is 0 Å². The third-order valence-corrected chi connectivity index (χ3v) is 6.02. The first-order chi connectivity index (χ1) is 14.1. The molecule has 0 amide bonds. The summed E-state index contributed by atoms with van der Waals surface area (Å²) in [4.78, 5) is 8.12. The molecule has 2 N–H and O–H groups in total. The van der Waals surface area contributed by atoms with E-state index in [1.807, 2.05) is 6.20 Å². The number of imidazole rings is 1. The highest BCUT2D eigenvalue weighted by Crippen LogP contribution is 2.28. The number of aromatic amines is 1. The highest BCUT2D eigenvalue weighted by atomic mass is 15.0. The molecule has 3 heterocycles. The Labute approximate surface area is 172 Å². The average Bonchev–Trinajstić information content (AvgIpc) is 3.37. The molecule has 29 heavy (non-hydrogen) atoms. The number of fused-ring (bicyclic) bond motifs is 2. The van der Waals surface area contributed by atoms with Crippen LogP contribution in [-0.4, -0.2) is 20.9 Å². The number of benzene rings is 1. The topological polar surface area (TPSA) is 45.1 Å². The van der Waals surface area contributed by atoms with Crippen LogP contribution in [0.5, 0.6) is 0 Å². The summed E-state index contributed by atoms with van der Waals surface area (Å²) < 4.78 is 2.27. The normalized spacial score (nSPS) is 13.3. The zero-order valence-corrected chi connectivity index (χ0v) is 17.8. The number of para-hydroxylation sites is 1. The maximum Gasteiger partial charge on any atom is 0.160 e. The van der Waals surface area contributed by atoms with Crippen molar-refractivity contribution in [2.45, 2.75) is 46.5 Å². The second-order valence-corrected chi connectivity index (χ2v) is 7.84. The van der Waals surface area contributed by atoms with Gasteiger partial charge in [0.25, 0.3) is 0 Å². The molecule has 0 aliphatic heterocycles. The van der Waals surface area contributed by atoms with Crippen LogP contribution in [0, 0.1) is 0 Å². The minimum atomic E-state index is 0.477. The molecule has 1 aromatic carbocycles. The highest BCUT2D eigenvalue weighted by Gasteiger charge is 2.14. The van der Waals surface area contributed by atoms with Crippen LogP contribution < -0.4 is 5.32 Å². The molecular weight excluding hydrogens is 356 g/mol. The number of pyridine rings is 1. The minimum absolute atomic E-state index is 0.477. The molecule has 0 bridgehead atoms. The van der Waals surface area contributed by atoms with Gasteiger partial charge in [-0.05, 0) is 61.4 Å². The van der Waals surface area contributed by atoms with E-state index in [4.69, 9.17) is 4.98 Å². The molecule has 0 aliphatic rings. The third kappa shape index (κ3) is 3.67. The van der Waals surface area contributed by atoms with Gasteiger partial charge in [0.05, 0.1) is 5.69 Å². The number of nitrogens with zero attached hydrogens (tertiary/aromatic N) is 2. The lowest BCUT2D eigenvalue weighted by Gasteiger charge is -2.14. The highest BCUT2D eigenvalue weighted by molar-refractivity contribution is 5.83. The van der Waals surface area contributed by atoms with Crippen molar-refractivity contribution in [3.63, 3.8) is 0 Å². The van der Waals surface area contributed by atoms with Crippen molar-refractivity contribution in [3.05, 3.63) is 71.8 Å². The molecular formula is C25H30N4. The van der Waals surface area contributed by atoms with Crippen molar-refractivity contribution in [2.75, 3.05) is 11.9 Å². The van der Waals surface area contributed by atoms with E-state index in [1.165, 1.54) is 33.3 Å². The molecule has 4 nitrogen and oxygen atoms in total. The van der Waals surface area contributed by atoms with E-state index in [9.17, 15) is 0 Å². The Morgan fingerprint density at radius 2 is 2.14 bits per heavy atom. The van der Waals surface area contributed by atoms with Crippen LogP contribution in [0.2, 0.25) is 0 Å². The van der Waals surface area contributed by atoms with E-state index < -0.39 is 0 Å². The zero-order chi connectivity index (χ0) is 20.4. The van der Waals surface area contributed by atoms with Crippen LogP contribution in [0.1, 0.15) is 56.9 Å². The van der Waals surface area contributed by atoms with E-state index in [-0.39, 0.29) is 0 Å². The second kappa shape index (κ2) is 8.16. The molecule has 0 fully saturated rings. The van der Waals surface area contributed by atoms with Crippen molar-refractivity contribution in [3.8, 4) is 0 Å². The Bertz CT molecular complexity index is 1160. The van der Waals surface area contributed by atoms with Crippen LogP contribution in [0.25, 0.3) is 22.1 Å². The van der Waals surface area contributed by atoms with E-state index in [0.717, 1.165) is 30.7 Å². The smallest absolute Gasteiger partial charge is 0.160 e. The Kier molecular flexibility index (Phi) is 5.43. The number of hydrogen-bond acceptors (Lipinski definition) is 2. The Hall–Kier alpha value is -3.01. The molecule has 150 valence electrons. The van der Waals surface area contributed by atoms with Crippen LogP contribution >= 0.6 is 0 Å². The first kappa shape index (κ1) is 19.3. The van der Waals surface area contributed by atoms with E-state index in [1.54, 1.807) is 0 Å². The van der Waals surface area contributed by atoms with Crippen LogP contribution in [0.3, 0.4) is 0 Å². The largest absolute Gasteiger partial charge is 0.382 e. The first-order valence-electron chi connectivity index (χ1n) is 10.6. The number of aromatic nitrogens is 3. The molecule has 4 heteroatoms. The van der Waals surface area contributed by atoms with Gasteiger partial charge in [-0.1, -0.05) is 38.1 Å². The lowest BCUT2D eigenvalue weighted by atomic mass is 10.1. The quantitative estimate of drug-likeness (QED) is 0.386. The summed E-state index contributed by atoms with van der Waals surface area (Å²) in [6, 6.07) is 10.7. The molecule has 0 saturated heterocycles. The van der Waals surface area contributed by atoms with Gasteiger partial charge >= 0.3 is 0 Å². The van der Waals surface area contributed by atoms with Crippen LogP contribution in [0.15, 0.2) is 55.0 Å². The predicted molar refractivity (Wildman–Crippen MR) is 124 cm³/mol. The number of nitrogens with one attached hydrogen (secondary N) is 2. The summed E-state index contributed by atoms with van der Waals surface area (Å²) in [6.07, 6.45) is 10.6. The molecule has 0 aliphatic carbocycles. The summed E-state index contributed by atoms with van der Waals surface area (Å²) in [5, 5.41) is 4.96. The summed E-state index contributed by atoms with van der Waals surface area (Å²) in [7, 11) is 0. The summed E-state index contributed by atoms with van der Waals surface area (Å²) in [5.74, 6) is 0.477. The number of anilines is 1. The molecule has 4 aromatic rings. The zero-order valence-electron chi connectivity index (χ0n) is 17.8. The van der Waals surface area contributed by atoms with Crippen molar-refractivity contribution in [2.24, 2.45) is 0 Å². The maximum absolute atomic E-state index is 4.75. The Balaban J connectivity index is 1.64. The van der Waals surface area contributed by atoms with Gasteiger partial charge in [0.1, 0.15) is 0 Å². The number of H-pyrrole nitrogens is 1. The average molecular weight is 387 g/mol. The fourth-order valence-corrected chi connectivity index (χ4v) is 3.86. The summed E-state index contributed by atoms with van der Waals surface area (Å²) in [6.45, 7) is 9.61. The fraction of sp³-hybridized carbons (Fsp3) is 0.320. The summed E-state index contributed by atoms with van der Waals surface area (Å²) in [5.41, 5.74) is 8.42. The Morgan fingerprint density at radius 1 is 1.31 bits per heavy atom. The van der Waals surface area contributed by atoms with Crippen molar-refractivity contribution in [1.82, 2.24) is 14.4 Å². The van der Waals surface area contributed by atoms with Gasteiger partial charge in [-0.15, -0.1) is 0 Å². The van der Waals surface area contributed by atoms with Gasteiger partial charge in [-0.25, -0.2) is 4.98 Å². The molecule has 0 saturated carbocycles. The lowest BCUT2D eigenvalue weighted by Crippen LogP contribution is -2.08. The number of rotatable bonds is 7. The van der Waals surface area contributed by atoms with Gasteiger partial charge in [0.15, 0.2) is 5.65 Å². The van der Waals surface area contributed by atoms with E-state index in [0.29, 0.717) is 5.92 Å². The predicted octanol–water partition coefficient (Wildman–Crippen LogP) is 6.41. The van der Waals surface area contributed by atoms with E-state index >= 15 is 0 Å². The van der Waals surface area contributed by atoms with Crippen molar-refractivity contribution in [1.29, 1.82) is 0 Å². The molecule has 0 spiro atoms. The maximum atomic E-state index is 4.75. The Morgan fingerprint density at radius 3 is 2.93 bits per heavy atom. The third-order valence-electron chi connectivity index (χ3n) is 6.02. The van der Waals surface area contributed by atoms with Gasteiger partial charge < -0.3 is 14.7 Å². The molecule has 1 atom stereocenters. The summed E-state index contributed by atoms with van der Waals surface area (Å²) >= 11 is 0. The monoisotopic (exact) mass is 386 g/mol. The molecule has 0 radical (unpaired) electrons. The second-order valence-electron chi connectivity index (χ2n) is 7.84. The van der Waals surface area contributed by atoms with Gasteiger partial charge in [-0.2, -0.15) is 0 Å². The van der Waals surface area contributed by atoms with Crippen molar-refractivity contribution >= 4 is 27.8 Å². The standard InChI is InChI=1S/C25H30N4/c1-5-17(3)20-13-23(25-28-15-24(18(4)6-2)29(25)16-20)26-12-11-19-14-27-22-10-8-7-9-21(19)22/h5,7-10,13-16,18,26-27H,6,11-12H2,1-4H3/b17-5+. The molecule has 3 aromatic heterocycles. The minimum Gasteiger partial charge on any atom is -0.382 e. The lowest BCUT2D eigenvalue weighted by molar-refractivity contribution is 0.700. The van der Waals surface area contributed by atoms with Gasteiger partial charge in [0, 0.05) is 41.7 Å². The first-order valence-corrected chi connectivity index (χ1v) is 10.6. The van der Waals surface area contributed by atoms with Crippen LogP contribution in [-0.2, 0) is 6.42 Å². The SMILES string of the molecule is C/C=C(\C)c1cc(NCCc2c[nH]c3ccccc23)c2ncc(C(C)CC)n2c1. The van der Waals surface area contributed by atoms with E-state index in [2.05, 4.69) is 91.2 Å². The van der Waals surface area contributed by atoms with Crippen LogP contribution in [0.4, 0.5) is 5.69 Å². The number of allylic oxidation sites excluding steroid dienone is 2. The van der Waals surface area contributed by atoms with Crippen molar-refractivity contribution < 1.29 is 0 Å².